The van der Waals surface area contributed by atoms with Crippen molar-refractivity contribution in [3.05, 3.63) is 12.2 Å². The van der Waals surface area contributed by atoms with Crippen LogP contribution in [0.15, 0.2) is 12.2 Å². The van der Waals surface area contributed by atoms with E-state index in [1.165, 1.54) is 0 Å². The Bertz CT molecular complexity index is 338. The fraction of sp³-hybridized carbons (Fsp3) is 0.625. The molecular formula is C8H16N2O5S. The topological polar surface area (TPSA) is 93.7 Å². The minimum absolute atomic E-state index is 0.0552. The molecule has 0 aliphatic carbocycles. The van der Waals surface area contributed by atoms with Crippen molar-refractivity contribution in [3.8, 4) is 0 Å². The van der Waals surface area contributed by atoms with Gasteiger partial charge in [0, 0.05) is 6.54 Å². The van der Waals surface area contributed by atoms with E-state index in [2.05, 4.69) is 16.0 Å². The summed E-state index contributed by atoms with van der Waals surface area (Å²) in [5.74, 6) is 0. The molecule has 94 valence electrons. The number of methoxy groups -OCH3 is 1. The first-order valence-electron chi connectivity index (χ1n) is 4.45. The van der Waals surface area contributed by atoms with Crippen molar-refractivity contribution in [1.82, 2.24) is 9.44 Å². The van der Waals surface area contributed by atoms with Gasteiger partial charge >= 0.3 is 16.3 Å². The predicted molar refractivity (Wildman–Crippen MR) is 58.1 cm³/mol. The fourth-order valence-electron chi connectivity index (χ4n) is 0.682. The lowest BCUT2D eigenvalue weighted by Crippen LogP contribution is -2.41. The molecule has 0 aromatic rings. The molecule has 0 saturated heterocycles. The highest BCUT2D eigenvalue weighted by atomic mass is 32.2. The highest BCUT2D eigenvalue weighted by Gasteiger charge is 2.12. The van der Waals surface area contributed by atoms with Gasteiger partial charge in [-0.05, 0) is 6.92 Å². The van der Waals surface area contributed by atoms with Gasteiger partial charge in [0.1, 0.15) is 0 Å². The van der Waals surface area contributed by atoms with E-state index in [0.29, 0.717) is 6.61 Å². The summed E-state index contributed by atoms with van der Waals surface area (Å²) in [7, 11) is -2.80. The highest BCUT2D eigenvalue weighted by molar-refractivity contribution is 7.88. The van der Waals surface area contributed by atoms with Crippen LogP contribution in [0.4, 0.5) is 4.79 Å². The molecule has 0 saturated carbocycles. The van der Waals surface area contributed by atoms with Crippen LogP contribution in [0.5, 0.6) is 0 Å². The van der Waals surface area contributed by atoms with Crippen LogP contribution < -0.4 is 9.44 Å². The van der Waals surface area contributed by atoms with Crippen LogP contribution >= 0.6 is 0 Å². The molecule has 0 bridgehead atoms. The zero-order chi connectivity index (χ0) is 12.6. The van der Waals surface area contributed by atoms with Crippen LogP contribution in [0.2, 0.25) is 0 Å². The minimum Gasteiger partial charge on any atom is -0.452 e. The normalized spacial score (nSPS) is 10.9. The molecule has 1 amide bonds. The lowest BCUT2D eigenvalue weighted by atomic mass is 10.4. The van der Waals surface area contributed by atoms with Crippen LogP contribution in [0.3, 0.4) is 0 Å². The Morgan fingerprint density at radius 2 is 2.06 bits per heavy atom. The predicted octanol–water partition coefficient (Wildman–Crippen LogP) is -0.230. The Labute approximate surface area is 95.0 Å². The number of ether oxygens (including phenoxy) is 2. The van der Waals surface area contributed by atoms with Gasteiger partial charge in [-0.15, -0.1) is 0 Å². The molecule has 7 nitrogen and oxygen atoms in total. The van der Waals surface area contributed by atoms with Gasteiger partial charge in [-0.3, -0.25) is 0 Å². The van der Waals surface area contributed by atoms with Crippen molar-refractivity contribution < 1.29 is 22.7 Å². The summed E-state index contributed by atoms with van der Waals surface area (Å²) in [5, 5.41) is 0. The third kappa shape index (κ3) is 8.21. The van der Waals surface area contributed by atoms with E-state index in [4.69, 9.17) is 4.74 Å². The molecule has 0 fully saturated rings. The van der Waals surface area contributed by atoms with Gasteiger partial charge in [-0.1, -0.05) is 12.2 Å². The minimum atomic E-state index is -3.87. The molecule has 0 aromatic heterocycles. The van der Waals surface area contributed by atoms with Crippen molar-refractivity contribution in [2.24, 2.45) is 0 Å². The third-order valence-corrected chi connectivity index (χ3v) is 2.31. The number of hydrogen-bond acceptors (Lipinski definition) is 5. The van der Waals surface area contributed by atoms with Crippen LogP contribution in [-0.2, 0) is 19.7 Å². The van der Waals surface area contributed by atoms with E-state index in [9.17, 15) is 13.2 Å². The molecule has 0 atom stereocenters. The Balaban J connectivity index is 3.75. The zero-order valence-corrected chi connectivity index (χ0v) is 10.1. The van der Waals surface area contributed by atoms with E-state index in [1.807, 2.05) is 0 Å². The monoisotopic (exact) mass is 252 g/mol. The Kier molecular flexibility index (Phi) is 6.70. The van der Waals surface area contributed by atoms with Crippen molar-refractivity contribution >= 4 is 16.3 Å². The molecule has 0 heterocycles. The summed E-state index contributed by atoms with van der Waals surface area (Å²) in [5.41, 5.74) is 0.843. The first-order valence-corrected chi connectivity index (χ1v) is 5.93. The van der Waals surface area contributed by atoms with E-state index < -0.39 is 16.3 Å². The summed E-state index contributed by atoms with van der Waals surface area (Å²) in [6.45, 7) is 6.02. The fourth-order valence-corrected chi connectivity index (χ4v) is 1.41. The van der Waals surface area contributed by atoms with E-state index >= 15 is 0 Å². The van der Waals surface area contributed by atoms with Crippen molar-refractivity contribution in [2.45, 2.75) is 6.92 Å². The van der Waals surface area contributed by atoms with Crippen LogP contribution in [0, 0.1) is 0 Å². The molecule has 0 aliphatic rings. The summed E-state index contributed by atoms with van der Waals surface area (Å²) in [6.07, 6.45) is -1.05. The third-order valence-electron chi connectivity index (χ3n) is 1.29. The van der Waals surface area contributed by atoms with Crippen LogP contribution in [0.25, 0.3) is 0 Å². The Morgan fingerprint density at radius 1 is 1.44 bits per heavy atom. The number of carbonyl (C=O) groups excluding carboxylic acids is 1. The molecule has 16 heavy (non-hydrogen) atoms. The second-order valence-electron chi connectivity index (χ2n) is 3.00. The molecule has 0 spiro atoms. The van der Waals surface area contributed by atoms with E-state index in [-0.39, 0.29) is 13.2 Å². The Morgan fingerprint density at radius 3 is 2.56 bits per heavy atom. The number of nitrogens with one attached hydrogen (secondary N) is 2. The molecule has 0 radical (unpaired) electrons. The van der Waals surface area contributed by atoms with E-state index in [1.54, 1.807) is 11.6 Å². The Hall–Kier alpha value is -1.12. The van der Waals surface area contributed by atoms with Gasteiger partial charge in [0.15, 0.2) is 0 Å². The second-order valence-corrected chi connectivity index (χ2v) is 4.50. The standard InChI is InChI=1S/C8H16N2O5S/c1-7(2)6-15-5-4-9-16(12,13)10-8(11)14-3/h9H,1,4-6H2,2-3H3,(H,10,11). The average molecular weight is 252 g/mol. The van der Waals surface area contributed by atoms with Crippen molar-refractivity contribution in [3.63, 3.8) is 0 Å². The average Bonchev–Trinajstić information content (AvgIpc) is 2.15. The first kappa shape index (κ1) is 14.9. The quantitative estimate of drug-likeness (QED) is 0.482. The smallest absolute Gasteiger partial charge is 0.421 e. The maximum absolute atomic E-state index is 11.1. The largest absolute Gasteiger partial charge is 0.452 e. The van der Waals surface area contributed by atoms with Crippen molar-refractivity contribution in [1.29, 1.82) is 0 Å². The van der Waals surface area contributed by atoms with Crippen LogP contribution in [0.1, 0.15) is 6.92 Å². The summed E-state index contributed by atoms with van der Waals surface area (Å²) >= 11 is 0. The molecular weight excluding hydrogens is 236 g/mol. The summed E-state index contributed by atoms with van der Waals surface area (Å²) < 4.78 is 35.1. The molecule has 0 rings (SSSR count). The summed E-state index contributed by atoms with van der Waals surface area (Å²) in [6, 6.07) is 0. The maximum atomic E-state index is 11.1. The molecule has 2 N–H and O–H groups in total. The van der Waals surface area contributed by atoms with Gasteiger partial charge in [0.25, 0.3) is 0 Å². The molecule has 0 unspecified atom stereocenters. The number of rotatable bonds is 7. The lowest BCUT2D eigenvalue weighted by molar-refractivity contribution is 0.161. The maximum Gasteiger partial charge on any atom is 0.421 e. The molecule has 0 aromatic carbocycles. The van der Waals surface area contributed by atoms with Gasteiger partial charge in [-0.2, -0.15) is 13.1 Å². The SMILES string of the molecule is C=C(C)COCCNS(=O)(=O)NC(=O)OC. The molecule has 8 heteroatoms. The van der Waals surface area contributed by atoms with Crippen molar-refractivity contribution in [2.75, 3.05) is 26.9 Å². The second kappa shape index (κ2) is 7.20. The first-order chi connectivity index (χ1) is 7.37. The number of amides is 1. The van der Waals surface area contributed by atoms with Gasteiger partial charge in [0.2, 0.25) is 0 Å². The lowest BCUT2D eigenvalue weighted by Gasteiger charge is -2.07. The summed E-state index contributed by atoms with van der Waals surface area (Å²) in [4.78, 5) is 10.6. The van der Waals surface area contributed by atoms with Gasteiger partial charge < -0.3 is 9.47 Å². The van der Waals surface area contributed by atoms with Gasteiger partial charge in [0.05, 0.1) is 20.3 Å². The zero-order valence-electron chi connectivity index (χ0n) is 9.28. The number of hydrogen-bond donors (Lipinski definition) is 2. The van der Waals surface area contributed by atoms with E-state index in [0.717, 1.165) is 12.7 Å². The number of carbonyl (C=O) groups is 1. The van der Waals surface area contributed by atoms with Gasteiger partial charge in [-0.25, -0.2) is 9.52 Å². The molecule has 0 aliphatic heterocycles. The highest BCUT2D eigenvalue weighted by Crippen LogP contribution is 1.87. The van der Waals surface area contributed by atoms with Crippen LogP contribution in [-0.4, -0.2) is 41.4 Å².